The molecule has 0 aromatic heterocycles. The first-order valence-electron chi connectivity index (χ1n) is 18.8. The second kappa shape index (κ2) is 12.3. The molecule has 0 aliphatic rings. The van der Waals surface area contributed by atoms with Gasteiger partial charge < -0.3 is 0 Å². The van der Waals surface area contributed by atoms with Gasteiger partial charge in [0.25, 0.3) is 0 Å². The third-order valence-corrected chi connectivity index (χ3v) is 11.4. The summed E-state index contributed by atoms with van der Waals surface area (Å²) < 4.78 is 0. The Labute approximate surface area is 314 Å². The van der Waals surface area contributed by atoms with E-state index in [4.69, 9.17) is 0 Å². The van der Waals surface area contributed by atoms with Crippen LogP contribution in [0.5, 0.6) is 0 Å². The van der Waals surface area contributed by atoms with Gasteiger partial charge in [-0.1, -0.05) is 194 Å². The molecule has 0 aliphatic heterocycles. The van der Waals surface area contributed by atoms with E-state index in [1.807, 2.05) is 0 Å². The van der Waals surface area contributed by atoms with Crippen molar-refractivity contribution in [2.45, 2.75) is 0 Å². The van der Waals surface area contributed by atoms with Gasteiger partial charge in [0.2, 0.25) is 0 Å². The minimum atomic E-state index is 1.23. The van der Waals surface area contributed by atoms with Gasteiger partial charge in [0, 0.05) is 0 Å². The first-order chi connectivity index (χ1) is 26.8. The van der Waals surface area contributed by atoms with Gasteiger partial charge in [-0.3, -0.25) is 0 Å². The average molecular weight is 683 g/mol. The van der Waals surface area contributed by atoms with Crippen molar-refractivity contribution in [3.8, 4) is 44.5 Å². The van der Waals surface area contributed by atoms with Crippen LogP contribution in [-0.4, -0.2) is 0 Å². The summed E-state index contributed by atoms with van der Waals surface area (Å²) in [4.78, 5) is 0. The van der Waals surface area contributed by atoms with Crippen molar-refractivity contribution in [1.82, 2.24) is 0 Å². The molecule has 11 rings (SSSR count). The van der Waals surface area contributed by atoms with E-state index in [0.29, 0.717) is 0 Å². The summed E-state index contributed by atoms with van der Waals surface area (Å²) in [6.45, 7) is 0. The zero-order chi connectivity index (χ0) is 35.6. The van der Waals surface area contributed by atoms with E-state index in [0.717, 1.165) is 0 Å². The van der Waals surface area contributed by atoms with Crippen LogP contribution in [0.4, 0.5) is 0 Å². The molecular weight excluding hydrogens is 649 g/mol. The lowest BCUT2D eigenvalue weighted by Crippen LogP contribution is -1.93. The molecule has 0 heterocycles. The molecule has 0 bridgehead atoms. The third-order valence-electron chi connectivity index (χ3n) is 11.4. The van der Waals surface area contributed by atoms with Crippen LogP contribution >= 0.6 is 0 Å². The van der Waals surface area contributed by atoms with Crippen LogP contribution in [-0.2, 0) is 0 Å². The summed E-state index contributed by atoms with van der Waals surface area (Å²) in [5.41, 5.74) is 10.1. The van der Waals surface area contributed by atoms with Gasteiger partial charge in [-0.25, -0.2) is 0 Å². The fourth-order valence-electron chi connectivity index (χ4n) is 9.15. The Morgan fingerprint density at radius 2 is 0.519 bits per heavy atom. The van der Waals surface area contributed by atoms with Gasteiger partial charge in [-0.15, -0.1) is 0 Å². The average Bonchev–Trinajstić information content (AvgIpc) is 3.25. The molecular formula is C54H34. The minimum absolute atomic E-state index is 1.23. The van der Waals surface area contributed by atoms with Gasteiger partial charge >= 0.3 is 0 Å². The molecule has 0 amide bonds. The number of fused-ring (bicyclic) bond motifs is 7. The van der Waals surface area contributed by atoms with Crippen molar-refractivity contribution in [1.29, 1.82) is 0 Å². The Balaban J connectivity index is 1.20. The van der Waals surface area contributed by atoms with E-state index in [-0.39, 0.29) is 0 Å². The topological polar surface area (TPSA) is 0 Å². The molecule has 0 nitrogen and oxygen atoms in total. The maximum absolute atomic E-state index is 2.44. The summed E-state index contributed by atoms with van der Waals surface area (Å²) in [5, 5.41) is 15.2. The lowest BCUT2D eigenvalue weighted by Gasteiger charge is -2.20. The number of benzene rings is 11. The van der Waals surface area contributed by atoms with Crippen molar-refractivity contribution in [2.24, 2.45) is 0 Å². The lowest BCUT2D eigenvalue weighted by molar-refractivity contribution is 1.66. The van der Waals surface area contributed by atoms with Crippen LogP contribution in [0.1, 0.15) is 0 Å². The molecule has 0 heteroatoms. The summed E-state index contributed by atoms with van der Waals surface area (Å²) in [6, 6.07) is 76.0. The van der Waals surface area contributed by atoms with Crippen LogP contribution < -0.4 is 0 Å². The van der Waals surface area contributed by atoms with Crippen molar-refractivity contribution in [3.63, 3.8) is 0 Å². The van der Waals surface area contributed by atoms with Gasteiger partial charge in [-0.2, -0.15) is 0 Å². The molecule has 0 saturated heterocycles. The van der Waals surface area contributed by atoms with E-state index in [1.165, 1.54) is 109 Å². The van der Waals surface area contributed by atoms with Gasteiger partial charge in [0.1, 0.15) is 0 Å². The number of rotatable bonds is 4. The molecule has 0 spiro atoms. The zero-order valence-corrected chi connectivity index (χ0v) is 29.6. The quantitative estimate of drug-likeness (QED) is 0.128. The molecule has 54 heavy (non-hydrogen) atoms. The highest BCUT2D eigenvalue weighted by atomic mass is 14.2. The van der Waals surface area contributed by atoms with Crippen LogP contribution in [0.25, 0.3) is 109 Å². The maximum atomic E-state index is 2.44. The Kier molecular flexibility index (Phi) is 6.97. The maximum Gasteiger partial charge on any atom is -0.00199 e. The SMILES string of the molecule is c1ccc(-c2c3ccccc3c(-c3ccc4cc(-c5c6ccccc6c(-c6ccccc6)c6ccccc56)c5ccccc5c4c3)c3ccccc23)cc1. The Morgan fingerprint density at radius 1 is 0.185 bits per heavy atom. The van der Waals surface area contributed by atoms with Gasteiger partial charge in [-0.05, 0) is 121 Å². The highest BCUT2D eigenvalue weighted by Crippen LogP contribution is 2.48. The van der Waals surface area contributed by atoms with Crippen LogP contribution in [0.3, 0.4) is 0 Å². The second-order valence-corrected chi connectivity index (χ2v) is 14.3. The molecule has 0 saturated carbocycles. The minimum Gasteiger partial charge on any atom is -0.0622 e. The number of hydrogen-bond donors (Lipinski definition) is 0. The highest BCUT2D eigenvalue weighted by molar-refractivity contribution is 6.27. The second-order valence-electron chi connectivity index (χ2n) is 14.3. The highest BCUT2D eigenvalue weighted by Gasteiger charge is 2.20. The summed E-state index contributed by atoms with van der Waals surface area (Å²) in [7, 11) is 0. The van der Waals surface area contributed by atoms with Crippen LogP contribution in [0, 0.1) is 0 Å². The van der Waals surface area contributed by atoms with Crippen LogP contribution in [0.15, 0.2) is 206 Å². The Bertz CT molecular complexity index is 3130. The van der Waals surface area contributed by atoms with E-state index in [9.17, 15) is 0 Å². The predicted octanol–water partition coefficient (Wildman–Crippen LogP) is 15.3. The third kappa shape index (κ3) is 4.64. The normalized spacial score (nSPS) is 11.7. The smallest absolute Gasteiger partial charge is 0.00199 e. The first-order valence-corrected chi connectivity index (χ1v) is 18.8. The van der Waals surface area contributed by atoms with Crippen molar-refractivity contribution in [2.75, 3.05) is 0 Å². The standard InChI is InChI=1S/C54H34/c1-3-17-35(18-4-1)51-41-23-9-11-25-43(41)53(44-26-12-10-24-42(44)51)38-32-31-37-33-50(40-22-8-7-21-39(40)49(37)34-38)54-47-29-15-13-27-45(47)52(36-19-5-2-6-20-36)46-28-14-16-30-48(46)54/h1-34H. The fourth-order valence-corrected chi connectivity index (χ4v) is 9.15. The van der Waals surface area contributed by atoms with E-state index >= 15 is 0 Å². The summed E-state index contributed by atoms with van der Waals surface area (Å²) >= 11 is 0. The largest absolute Gasteiger partial charge is 0.0622 e. The molecule has 11 aromatic rings. The van der Waals surface area contributed by atoms with Crippen molar-refractivity contribution in [3.05, 3.63) is 206 Å². The van der Waals surface area contributed by atoms with Gasteiger partial charge in [0.05, 0.1) is 0 Å². The molecule has 0 radical (unpaired) electrons. The summed E-state index contributed by atoms with van der Waals surface area (Å²) in [5.74, 6) is 0. The van der Waals surface area contributed by atoms with Gasteiger partial charge in [0.15, 0.2) is 0 Å². The van der Waals surface area contributed by atoms with Crippen LogP contribution in [0.2, 0.25) is 0 Å². The predicted molar refractivity (Wildman–Crippen MR) is 233 cm³/mol. The molecule has 250 valence electrons. The first kappa shape index (κ1) is 30.6. The Morgan fingerprint density at radius 3 is 0.944 bits per heavy atom. The fraction of sp³-hybridized carbons (Fsp3) is 0. The molecule has 0 atom stereocenters. The van der Waals surface area contributed by atoms with Crippen molar-refractivity contribution < 1.29 is 0 Å². The lowest BCUT2D eigenvalue weighted by atomic mass is 9.83. The molecule has 0 aliphatic carbocycles. The zero-order valence-electron chi connectivity index (χ0n) is 29.6. The Hall–Kier alpha value is -7.02. The summed E-state index contributed by atoms with van der Waals surface area (Å²) in [6.07, 6.45) is 0. The van der Waals surface area contributed by atoms with E-state index in [1.54, 1.807) is 0 Å². The number of hydrogen-bond acceptors (Lipinski definition) is 0. The van der Waals surface area contributed by atoms with E-state index < -0.39 is 0 Å². The molecule has 0 unspecified atom stereocenters. The molecule has 0 fully saturated rings. The monoisotopic (exact) mass is 682 g/mol. The molecule has 0 N–H and O–H groups in total. The van der Waals surface area contributed by atoms with Crippen molar-refractivity contribution >= 4 is 64.6 Å². The molecule has 11 aromatic carbocycles. The van der Waals surface area contributed by atoms with E-state index in [2.05, 4.69) is 206 Å².